The summed E-state index contributed by atoms with van der Waals surface area (Å²) in [5, 5.41) is 0. The highest BCUT2D eigenvalue weighted by molar-refractivity contribution is 5.98. The third kappa shape index (κ3) is 6.86. The second kappa shape index (κ2) is 18.4. The lowest BCUT2D eigenvalue weighted by Gasteiger charge is -2.39. The summed E-state index contributed by atoms with van der Waals surface area (Å²) in [6.07, 6.45) is 0. The average Bonchev–Trinajstić information content (AvgIpc) is 1.66. The molecule has 0 N–H and O–H groups in total. The van der Waals surface area contributed by atoms with Crippen molar-refractivity contribution in [2.45, 2.75) is 10.8 Å². The molecule has 2 aliphatic heterocycles. The Morgan fingerprint density at radius 2 is 0.578 bits per heavy atom. The minimum absolute atomic E-state index is 0.548. The van der Waals surface area contributed by atoms with Gasteiger partial charge in [0.25, 0.3) is 0 Å². The molecule has 13 aromatic rings. The second-order valence-electron chi connectivity index (χ2n) is 22.2. The van der Waals surface area contributed by atoms with Gasteiger partial charge in [0.15, 0.2) is 0 Å². The molecule has 0 unspecified atom stereocenters. The third-order valence-electron chi connectivity index (χ3n) is 18.1. The molecule has 0 saturated heterocycles. The smallest absolute Gasteiger partial charge is 0.132 e. The number of hydrogen-bond acceptors (Lipinski definition) is 3. The quantitative estimate of drug-likeness (QED) is 0.159. The molecule has 0 bridgehead atoms. The molecular weight excluding hydrogens is 1010 g/mol. The predicted octanol–water partition coefficient (Wildman–Crippen LogP) is 20.8. The topological polar surface area (TPSA) is 21.7 Å². The van der Waals surface area contributed by atoms with E-state index >= 15 is 0 Å². The first-order valence-electron chi connectivity index (χ1n) is 28.6. The molecule has 2 heterocycles. The van der Waals surface area contributed by atoms with E-state index < -0.39 is 10.8 Å². The largest absolute Gasteiger partial charge is 0.457 e. The Labute approximate surface area is 483 Å². The van der Waals surface area contributed by atoms with Crippen LogP contribution in [0.3, 0.4) is 0 Å². The van der Waals surface area contributed by atoms with Crippen LogP contribution in [0.1, 0.15) is 44.5 Å². The molecule has 0 atom stereocenters. The zero-order valence-electron chi connectivity index (χ0n) is 45.2. The zero-order valence-corrected chi connectivity index (χ0v) is 45.2. The van der Waals surface area contributed by atoms with Crippen LogP contribution >= 0.6 is 0 Å². The van der Waals surface area contributed by atoms with Crippen molar-refractivity contribution in [1.82, 2.24) is 0 Å². The molecule has 3 heteroatoms. The molecule has 0 radical (unpaired) electrons. The van der Waals surface area contributed by atoms with Crippen LogP contribution in [0.25, 0.3) is 66.8 Å². The van der Waals surface area contributed by atoms with Crippen molar-refractivity contribution in [1.29, 1.82) is 0 Å². The van der Waals surface area contributed by atoms with E-state index in [1.54, 1.807) is 0 Å². The summed E-state index contributed by atoms with van der Waals surface area (Å²) in [7, 11) is 0. The summed E-state index contributed by atoms with van der Waals surface area (Å²) in [6, 6.07) is 113. The van der Waals surface area contributed by atoms with E-state index in [0.29, 0.717) is 0 Å². The van der Waals surface area contributed by atoms with Crippen molar-refractivity contribution >= 4 is 17.1 Å². The Hall–Kier alpha value is -10.7. The van der Waals surface area contributed by atoms with Crippen LogP contribution in [0, 0.1) is 0 Å². The standard InChI is InChI=1S/C80H51NO2/c1-2-19-52(20-3-1)53-37-39-55(40-38-53)60-21-6-13-32-73(60)81(58-46-41-54(42-47-58)57-45-50-63-62-22-4-7-25-65(62)80(72(63)51-57)69-29-11-16-35-76(69)83-77-36-17-12-30-70(77)80)59-48-43-56(44-49-59)61-24-18-31-71-78(61)64-23-5-8-26-66(64)79(71)67-27-9-14-33-74(67)82-75-34-15-10-28-68(75)79/h1-51H. The van der Waals surface area contributed by atoms with E-state index in [1.807, 2.05) is 0 Å². The average molecular weight is 1060 g/mol. The van der Waals surface area contributed by atoms with Gasteiger partial charge in [-0.3, -0.25) is 0 Å². The predicted molar refractivity (Wildman–Crippen MR) is 338 cm³/mol. The monoisotopic (exact) mass is 1060 g/mol. The van der Waals surface area contributed by atoms with Gasteiger partial charge in [-0.15, -0.1) is 0 Å². The number of fused-ring (bicyclic) bond motifs is 18. The SMILES string of the molecule is c1ccc(-c2ccc(-c3ccccc3N(c3ccc(-c4ccc5c(c4)C4(c6ccccc6Oc6ccccc64)c4ccccc4-5)cc3)c3ccc(-c4cccc5c4-c4ccccc4C54c5ccccc5Oc5ccccc54)cc3)cc2)cc1. The maximum atomic E-state index is 6.67. The molecule has 388 valence electrons. The number of anilines is 3. The Morgan fingerprint density at radius 3 is 1.17 bits per heavy atom. The highest BCUT2D eigenvalue weighted by Gasteiger charge is 2.53. The molecule has 0 saturated carbocycles. The van der Waals surface area contributed by atoms with Gasteiger partial charge in [0, 0.05) is 39.2 Å². The fraction of sp³-hybridized carbons (Fsp3) is 0.0250. The van der Waals surface area contributed by atoms with Crippen molar-refractivity contribution in [3.8, 4) is 89.8 Å². The van der Waals surface area contributed by atoms with Crippen molar-refractivity contribution < 1.29 is 9.47 Å². The van der Waals surface area contributed by atoms with Gasteiger partial charge in [-0.25, -0.2) is 0 Å². The summed E-state index contributed by atoms with van der Waals surface area (Å²) in [6.45, 7) is 0. The number of hydrogen-bond donors (Lipinski definition) is 0. The van der Waals surface area contributed by atoms with Crippen molar-refractivity contribution in [3.63, 3.8) is 0 Å². The summed E-state index contributed by atoms with van der Waals surface area (Å²) in [4.78, 5) is 2.42. The summed E-state index contributed by atoms with van der Waals surface area (Å²) >= 11 is 0. The van der Waals surface area contributed by atoms with Gasteiger partial charge in [-0.2, -0.15) is 0 Å². The Kier molecular flexibility index (Phi) is 10.4. The van der Waals surface area contributed by atoms with E-state index in [0.717, 1.165) is 90.1 Å². The van der Waals surface area contributed by atoms with Crippen molar-refractivity contribution in [2.75, 3.05) is 4.90 Å². The Balaban J connectivity index is 0.801. The van der Waals surface area contributed by atoms with Gasteiger partial charge in [-0.1, -0.05) is 249 Å². The van der Waals surface area contributed by atoms with E-state index in [-0.39, 0.29) is 0 Å². The number of nitrogens with zero attached hydrogens (tertiary/aromatic N) is 1. The third-order valence-corrected chi connectivity index (χ3v) is 18.1. The summed E-state index contributed by atoms with van der Waals surface area (Å²) in [5.74, 6) is 3.57. The molecular formula is C80H51NO2. The fourth-order valence-electron chi connectivity index (χ4n) is 14.6. The van der Waals surface area contributed by atoms with E-state index in [4.69, 9.17) is 9.47 Å². The van der Waals surface area contributed by atoms with E-state index in [1.165, 1.54) is 61.2 Å². The van der Waals surface area contributed by atoms with E-state index in [9.17, 15) is 0 Å². The van der Waals surface area contributed by atoms with Crippen molar-refractivity contribution in [2.24, 2.45) is 0 Å². The lowest BCUT2D eigenvalue weighted by atomic mass is 9.66. The van der Waals surface area contributed by atoms with Gasteiger partial charge < -0.3 is 14.4 Å². The minimum atomic E-state index is -0.550. The highest BCUT2D eigenvalue weighted by Crippen LogP contribution is 2.65. The first kappa shape index (κ1) is 47.1. The van der Waals surface area contributed by atoms with Crippen LogP contribution in [0.15, 0.2) is 309 Å². The fourth-order valence-corrected chi connectivity index (χ4v) is 14.6. The molecule has 2 spiro atoms. The molecule has 2 aliphatic carbocycles. The molecule has 4 aliphatic rings. The van der Waals surface area contributed by atoms with Crippen LogP contribution in [0.5, 0.6) is 23.0 Å². The van der Waals surface area contributed by atoms with Gasteiger partial charge in [0.1, 0.15) is 23.0 Å². The van der Waals surface area contributed by atoms with Gasteiger partial charge in [0.05, 0.1) is 16.5 Å². The molecule has 13 aromatic carbocycles. The second-order valence-corrected chi connectivity index (χ2v) is 22.2. The van der Waals surface area contributed by atoms with Crippen LogP contribution < -0.4 is 14.4 Å². The molecule has 17 rings (SSSR count). The first-order chi connectivity index (χ1) is 41.2. The van der Waals surface area contributed by atoms with Gasteiger partial charge >= 0.3 is 0 Å². The van der Waals surface area contributed by atoms with E-state index in [2.05, 4.69) is 314 Å². The maximum absolute atomic E-state index is 6.67. The van der Waals surface area contributed by atoms with Gasteiger partial charge in [-0.05, 0) is 144 Å². The van der Waals surface area contributed by atoms with Gasteiger partial charge in [0.2, 0.25) is 0 Å². The number of para-hydroxylation sites is 5. The number of benzene rings is 13. The normalized spacial score (nSPS) is 13.7. The van der Waals surface area contributed by atoms with Crippen molar-refractivity contribution in [3.05, 3.63) is 354 Å². The summed E-state index contributed by atoms with van der Waals surface area (Å²) in [5.41, 5.74) is 26.1. The first-order valence-corrected chi connectivity index (χ1v) is 28.6. The van der Waals surface area contributed by atoms with Crippen LogP contribution in [-0.4, -0.2) is 0 Å². The van der Waals surface area contributed by atoms with Crippen LogP contribution in [-0.2, 0) is 10.8 Å². The molecule has 0 fully saturated rings. The number of rotatable bonds is 7. The lowest BCUT2D eigenvalue weighted by Crippen LogP contribution is -2.32. The lowest BCUT2D eigenvalue weighted by molar-refractivity contribution is 0.436. The maximum Gasteiger partial charge on any atom is 0.132 e. The minimum Gasteiger partial charge on any atom is -0.457 e. The molecule has 0 amide bonds. The molecule has 0 aromatic heterocycles. The molecule has 3 nitrogen and oxygen atoms in total. The zero-order chi connectivity index (χ0) is 54.6. The van der Waals surface area contributed by atoms with Crippen LogP contribution in [0.4, 0.5) is 17.1 Å². The summed E-state index contributed by atoms with van der Waals surface area (Å²) < 4.78 is 13.3. The Bertz CT molecular complexity index is 4640. The Morgan fingerprint density at radius 1 is 0.217 bits per heavy atom. The number of ether oxygens (including phenoxy) is 2. The molecule has 83 heavy (non-hydrogen) atoms. The van der Waals surface area contributed by atoms with Crippen LogP contribution in [0.2, 0.25) is 0 Å². The highest BCUT2D eigenvalue weighted by atomic mass is 16.5.